The lowest BCUT2D eigenvalue weighted by atomic mass is 9.97. The first-order chi connectivity index (χ1) is 13.5. The average Bonchev–Trinajstić information content (AvgIpc) is 2.68. The maximum Gasteiger partial charge on any atom is 0.253 e. The van der Waals surface area contributed by atoms with Gasteiger partial charge in [0.2, 0.25) is 12.4 Å². The van der Waals surface area contributed by atoms with Gasteiger partial charge in [-0.1, -0.05) is 18.2 Å². The molecule has 144 valence electrons. The van der Waals surface area contributed by atoms with Crippen LogP contribution >= 0.6 is 0 Å². The van der Waals surface area contributed by atoms with Crippen LogP contribution in [0.25, 0.3) is 0 Å². The molecule has 0 spiro atoms. The van der Waals surface area contributed by atoms with Crippen LogP contribution in [0.1, 0.15) is 27.5 Å². The Morgan fingerprint density at radius 2 is 1.86 bits per heavy atom. The van der Waals surface area contributed by atoms with Crippen molar-refractivity contribution >= 4 is 5.91 Å². The van der Waals surface area contributed by atoms with Crippen LogP contribution in [0.4, 0.5) is 13.2 Å². The number of alkyl halides is 1. The number of pyridine rings is 1. The summed E-state index contributed by atoms with van der Waals surface area (Å²) in [5.41, 5.74) is 0.464. The number of amides is 1. The second kappa shape index (κ2) is 8.43. The molecule has 1 aromatic heterocycles. The molecule has 0 aliphatic rings. The van der Waals surface area contributed by atoms with Crippen LogP contribution in [0.5, 0.6) is 5.75 Å². The van der Waals surface area contributed by atoms with Gasteiger partial charge >= 0.3 is 0 Å². The number of hydrogen-bond donors (Lipinski definition) is 2. The van der Waals surface area contributed by atoms with Gasteiger partial charge in [0.05, 0.1) is 11.6 Å². The zero-order valence-corrected chi connectivity index (χ0v) is 14.4. The van der Waals surface area contributed by atoms with Gasteiger partial charge in [0, 0.05) is 12.3 Å². The molecule has 1 amide bonds. The fourth-order valence-electron chi connectivity index (χ4n) is 2.68. The molecule has 3 aromatic rings. The Morgan fingerprint density at radius 3 is 2.50 bits per heavy atom. The number of nitrogens with one attached hydrogen (secondary N) is 2. The van der Waals surface area contributed by atoms with Gasteiger partial charge in [-0.2, -0.15) is 0 Å². The predicted molar refractivity (Wildman–Crippen MR) is 95.8 cm³/mol. The topological polar surface area (TPSA) is 71.2 Å². The molecule has 1 unspecified atom stereocenters. The van der Waals surface area contributed by atoms with Crippen LogP contribution in [0.3, 0.4) is 0 Å². The van der Waals surface area contributed by atoms with Crippen molar-refractivity contribution < 1.29 is 22.7 Å². The lowest BCUT2D eigenvalue weighted by molar-refractivity contribution is 0.0942. The van der Waals surface area contributed by atoms with Crippen molar-refractivity contribution in [1.29, 1.82) is 0 Å². The van der Waals surface area contributed by atoms with Crippen LogP contribution in [0.2, 0.25) is 0 Å². The molecule has 0 aliphatic heterocycles. The van der Waals surface area contributed by atoms with Gasteiger partial charge in [-0.25, -0.2) is 13.2 Å². The summed E-state index contributed by atoms with van der Waals surface area (Å²) in [5, 5.41) is 2.68. The zero-order valence-electron chi connectivity index (χ0n) is 14.4. The SMILES string of the molecule is O=C(NC(c1cccc(F)c1)c1ccc(OCF)c(F)c1)c1ccc(=O)[nH]c1. The predicted octanol–water partition coefficient (Wildman–Crippen LogP) is 3.48. The molecule has 3 rings (SSSR count). The van der Waals surface area contributed by atoms with Gasteiger partial charge in [0.1, 0.15) is 5.82 Å². The molecule has 0 radical (unpaired) electrons. The second-order valence-corrected chi connectivity index (χ2v) is 5.85. The second-order valence-electron chi connectivity index (χ2n) is 5.85. The summed E-state index contributed by atoms with van der Waals surface area (Å²) >= 11 is 0. The Balaban J connectivity index is 1.98. The van der Waals surface area contributed by atoms with E-state index in [9.17, 15) is 22.8 Å². The van der Waals surface area contributed by atoms with Crippen LogP contribution < -0.4 is 15.6 Å². The number of aromatic nitrogens is 1. The summed E-state index contributed by atoms with van der Waals surface area (Å²) in [7, 11) is 0. The molecular formula is C20H15F3N2O3. The maximum atomic E-state index is 14.2. The van der Waals surface area contributed by atoms with E-state index in [1.54, 1.807) is 6.07 Å². The normalized spacial score (nSPS) is 11.7. The highest BCUT2D eigenvalue weighted by Gasteiger charge is 2.20. The summed E-state index contributed by atoms with van der Waals surface area (Å²) in [6.45, 7) is -1.19. The Hall–Kier alpha value is -3.55. The monoisotopic (exact) mass is 388 g/mol. The highest BCUT2D eigenvalue weighted by Crippen LogP contribution is 2.27. The van der Waals surface area contributed by atoms with E-state index in [1.165, 1.54) is 48.7 Å². The van der Waals surface area contributed by atoms with Crippen LogP contribution in [-0.4, -0.2) is 17.8 Å². The van der Waals surface area contributed by atoms with Crippen molar-refractivity contribution in [1.82, 2.24) is 10.3 Å². The van der Waals surface area contributed by atoms with Gasteiger partial charge in [-0.05, 0) is 41.5 Å². The largest absolute Gasteiger partial charge is 0.460 e. The first-order valence-corrected chi connectivity index (χ1v) is 8.21. The Bertz CT molecular complexity index is 1030. The Labute approximate surface area is 157 Å². The van der Waals surface area contributed by atoms with E-state index in [4.69, 9.17) is 0 Å². The standard InChI is InChI=1S/C20H15F3N2O3/c21-11-28-17-6-4-13(9-16(17)23)19(12-2-1-3-15(22)8-12)25-20(27)14-5-7-18(26)24-10-14/h1-10,19H,11H2,(H,24,26)(H,25,27). The van der Waals surface area contributed by atoms with Gasteiger partial charge in [-0.3, -0.25) is 9.59 Å². The van der Waals surface area contributed by atoms with Crippen LogP contribution in [0.15, 0.2) is 65.6 Å². The first-order valence-electron chi connectivity index (χ1n) is 8.21. The molecule has 8 heteroatoms. The quantitative estimate of drug-likeness (QED) is 0.679. The molecule has 0 aliphatic carbocycles. The number of rotatable bonds is 6. The lowest BCUT2D eigenvalue weighted by Gasteiger charge is -2.20. The summed E-state index contributed by atoms with van der Waals surface area (Å²) in [6.07, 6.45) is 1.24. The van der Waals surface area contributed by atoms with Gasteiger partial charge < -0.3 is 15.0 Å². The molecule has 28 heavy (non-hydrogen) atoms. The van der Waals surface area contributed by atoms with Crippen LogP contribution in [0, 0.1) is 11.6 Å². The Kier molecular flexibility index (Phi) is 5.78. The van der Waals surface area contributed by atoms with E-state index in [2.05, 4.69) is 15.0 Å². The third-order valence-electron chi connectivity index (χ3n) is 4.00. The number of carbonyl (C=O) groups is 1. The summed E-state index contributed by atoms with van der Waals surface area (Å²) in [5.74, 6) is -2.19. The van der Waals surface area contributed by atoms with Crippen LogP contribution in [-0.2, 0) is 0 Å². The Morgan fingerprint density at radius 1 is 1.07 bits per heavy atom. The van der Waals surface area contributed by atoms with E-state index in [1.807, 2.05) is 0 Å². The average molecular weight is 388 g/mol. The summed E-state index contributed by atoms with van der Waals surface area (Å²) in [6, 6.07) is 10.8. The highest BCUT2D eigenvalue weighted by atomic mass is 19.1. The van der Waals surface area contributed by atoms with Crippen molar-refractivity contribution in [3.05, 3.63) is 99.5 Å². The van der Waals surface area contributed by atoms with Crippen molar-refractivity contribution in [3.63, 3.8) is 0 Å². The molecule has 1 heterocycles. The molecule has 2 N–H and O–H groups in total. The van der Waals surface area contributed by atoms with Crippen molar-refractivity contribution in [2.45, 2.75) is 6.04 Å². The molecule has 0 saturated heterocycles. The van der Waals surface area contributed by atoms with Gasteiger partial charge in [0.15, 0.2) is 11.6 Å². The number of aromatic amines is 1. The van der Waals surface area contributed by atoms with Gasteiger partial charge in [-0.15, -0.1) is 0 Å². The van der Waals surface area contributed by atoms with Crippen molar-refractivity contribution in [3.8, 4) is 5.75 Å². The fraction of sp³-hybridized carbons (Fsp3) is 0.100. The maximum absolute atomic E-state index is 14.2. The molecule has 0 saturated carbocycles. The minimum atomic E-state index is -1.19. The zero-order chi connectivity index (χ0) is 20.1. The van der Waals surface area contributed by atoms with E-state index >= 15 is 0 Å². The summed E-state index contributed by atoms with van der Waals surface area (Å²) < 4.78 is 44.7. The highest BCUT2D eigenvalue weighted by molar-refractivity contribution is 5.94. The van der Waals surface area contributed by atoms with Crippen molar-refractivity contribution in [2.75, 3.05) is 6.86 Å². The molecular weight excluding hydrogens is 373 g/mol. The number of benzene rings is 2. The van der Waals surface area contributed by atoms with E-state index < -0.39 is 30.4 Å². The van der Waals surface area contributed by atoms with E-state index in [0.29, 0.717) is 11.1 Å². The number of halogens is 3. The summed E-state index contributed by atoms with van der Waals surface area (Å²) in [4.78, 5) is 26.1. The number of carbonyl (C=O) groups excluding carboxylic acids is 1. The number of H-pyrrole nitrogens is 1. The van der Waals surface area contributed by atoms with Crippen molar-refractivity contribution in [2.24, 2.45) is 0 Å². The number of ether oxygens (including phenoxy) is 1. The smallest absolute Gasteiger partial charge is 0.253 e. The number of hydrogen-bond acceptors (Lipinski definition) is 3. The van der Waals surface area contributed by atoms with Gasteiger partial charge in [0.25, 0.3) is 5.91 Å². The molecule has 0 fully saturated rings. The third kappa shape index (κ3) is 4.40. The molecule has 2 aromatic carbocycles. The lowest BCUT2D eigenvalue weighted by Crippen LogP contribution is -2.30. The van der Waals surface area contributed by atoms with E-state index in [-0.39, 0.29) is 16.9 Å². The first kappa shape index (κ1) is 19.2. The molecule has 0 bridgehead atoms. The minimum absolute atomic E-state index is 0.166. The fourth-order valence-corrected chi connectivity index (χ4v) is 2.68. The molecule has 1 atom stereocenters. The minimum Gasteiger partial charge on any atom is -0.460 e. The molecule has 5 nitrogen and oxygen atoms in total. The van der Waals surface area contributed by atoms with E-state index in [0.717, 1.165) is 6.07 Å². The third-order valence-corrected chi connectivity index (χ3v) is 4.00.